The van der Waals surface area contributed by atoms with E-state index >= 15 is 0 Å². The van der Waals surface area contributed by atoms with E-state index in [0.29, 0.717) is 0 Å². The zero-order valence-corrected chi connectivity index (χ0v) is 7.68. The van der Waals surface area contributed by atoms with Gasteiger partial charge in [-0.25, -0.2) is 0 Å². The molecular weight excluding hydrogens is 138 g/mol. The lowest BCUT2D eigenvalue weighted by molar-refractivity contribution is 0.0428. The van der Waals surface area contributed by atoms with Crippen molar-refractivity contribution < 1.29 is 5.11 Å². The highest BCUT2D eigenvalue weighted by Crippen LogP contribution is 2.07. The van der Waals surface area contributed by atoms with Gasteiger partial charge in [0.05, 0.1) is 11.6 Å². The third-order valence-corrected chi connectivity index (χ3v) is 1.81. The summed E-state index contributed by atoms with van der Waals surface area (Å²) in [5.74, 6) is 2.55. The Morgan fingerprint density at radius 1 is 1.45 bits per heavy atom. The summed E-state index contributed by atoms with van der Waals surface area (Å²) in [6, 6.07) is 0.0185. The molecule has 2 N–H and O–H groups in total. The maximum absolute atomic E-state index is 9.50. The van der Waals surface area contributed by atoms with E-state index in [0.717, 1.165) is 0 Å². The first-order valence-electron chi connectivity index (χ1n) is 3.82. The molecule has 0 amide bonds. The van der Waals surface area contributed by atoms with Gasteiger partial charge in [0.2, 0.25) is 0 Å². The molecule has 0 heterocycles. The number of hydrogen-bond acceptors (Lipinski definition) is 2. The average molecular weight is 155 g/mol. The summed E-state index contributed by atoms with van der Waals surface area (Å²) in [5, 5.41) is 12.6. The highest BCUT2D eigenvalue weighted by atomic mass is 16.3. The van der Waals surface area contributed by atoms with E-state index in [1.807, 2.05) is 13.8 Å². The lowest BCUT2D eigenvalue weighted by atomic mass is 10.0. The predicted octanol–water partition coefficient (Wildman–Crippen LogP) is 0.757. The van der Waals surface area contributed by atoms with Gasteiger partial charge in [0.25, 0.3) is 0 Å². The first-order chi connectivity index (χ1) is 4.88. The van der Waals surface area contributed by atoms with Crippen LogP contribution in [0, 0.1) is 12.3 Å². The first-order valence-corrected chi connectivity index (χ1v) is 3.82. The highest BCUT2D eigenvalue weighted by Gasteiger charge is 2.22. The Bertz CT molecular complexity index is 152. The van der Waals surface area contributed by atoms with Crippen LogP contribution in [-0.4, -0.2) is 22.8 Å². The van der Waals surface area contributed by atoms with Crippen LogP contribution in [0.25, 0.3) is 0 Å². The van der Waals surface area contributed by atoms with Gasteiger partial charge in [-0.2, -0.15) is 0 Å². The van der Waals surface area contributed by atoms with E-state index < -0.39 is 5.60 Å². The van der Waals surface area contributed by atoms with Crippen LogP contribution in [0.15, 0.2) is 0 Å². The topological polar surface area (TPSA) is 32.3 Å². The first kappa shape index (κ1) is 10.5. The Labute approximate surface area is 69.0 Å². The Kier molecular flexibility index (Phi) is 3.57. The third kappa shape index (κ3) is 4.02. The van der Waals surface area contributed by atoms with Crippen molar-refractivity contribution in [3.05, 3.63) is 0 Å². The van der Waals surface area contributed by atoms with Crippen molar-refractivity contribution >= 4 is 0 Å². The number of terminal acetylenes is 1. The van der Waals surface area contributed by atoms with Gasteiger partial charge >= 0.3 is 0 Å². The van der Waals surface area contributed by atoms with E-state index in [-0.39, 0.29) is 12.1 Å². The van der Waals surface area contributed by atoms with E-state index in [1.165, 1.54) is 0 Å². The van der Waals surface area contributed by atoms with Gasteiger partial charge in [-0.3, -0.25) is 5.32 Å². The minimum atomic E-state index is -0.717. The van der Waals surface area contributed by atoms with Gasteiger partial charge in [0.1, 0.15) is 0 Å². The predicted molar refractivity (Wildman–Crippen MR) is 47.2 cm³/mol. The maximum atomic E-state index is 9.50. The smallest absolute Gasteiger partial charge is 0.0741 e. The van der Waals surface area contributed by atoms with Crippen molar-refractivity contribution in [2.45, 2.75) is 45.4 Å². The van der Waals surface area contributed by atoms with E-state index in [1.54, 1.807) is 13.8 Å². The van der Waals surface area contributed by atoms with Crippen LogP contribution in [-0.2, 0) is 0 Å². The molecule has 11 heavy (non-hydrogen) atoms. The molecule has 0 aromatic carbocycles. The molecule has 2 unspecified atom stereocenters. The Balaban J connectivity index is 3.90. The molecule has 64 valence electrons. The fourth-order valence-corrected chi connectivity index (χ4v) is 0.627. The van der Waals surface area contributed by atoms with Crippen LogP contribution >= 0.6 is 0 Å². The zero-order chi connectivity index (χ0) is 9.07. The van der Waals surface area contributed by atoms with E-state index in [2.05, 4.69) is 11.2 Å². The molecular formula is C9H17NO. The molecule has 0 bridgehead atoms. The summed E-state index contributed by atoms with van der Waals surface area (Å²) in [6.45, 7) is 7.32. The van der Waals surface area contributed by atoms with Crippen molar-refractivity contribution in [2.75, 3.05) is 0 Å². The number of hydrogen-bond donors (Lipinski definition) is 2. The second-order valence-corrected chi connectivity index (χ2v) is 3.43. The molecule has 0 radical (unpaired) electrons. The summed E-state index contributed by atoms with van der Waals surface area (Å²) < 4.78 is 0. The van der Waals surface area contributed by atoms with E-state index in [9.17, 15) is 5.11 Å². The zero-order valence-electron chi connectivity index (χ0n) is 7.68. The minimum absolute atomic E-state index is 0.00792. The molecule has 2 nitrogen and oxygen atoms in total. The van der Waals surface area contributed by atoms with Gasteiger partial charge in [-0.15, -0.1) is 6.42 Å². The van der Waals surface area contributed by atoms with Crippen molar-refractivity contribution in [2.24, 2.45) is 0 Å². The largest absolute Gasteiger partial charge is 0.389 e. The van der Waals surface area contributed by atoms with Gasteiger partial charge in [0, 0.05) is 6.04 Å². The lowest BCUT2D eigenvalue weighted by Crippen LogP contribution is -2.47. The van der Waals surface area contributed by atoms with Gasteiger partial charge in [-0.1, -0.05) is 5.92 Å². The molecule has 0 fully saturated rings. The molecule has 0 aliphatic carbocycles. The fourth-order valence-electron chi connectivity index (χ4n) is 0.627. The monoisotopic (exact) mass is 155 g/mol. The van der Waals surface area contributed by atoms with Crippen LogP contribution in [0.1, 0.15) is 27.7 Å². The number of nitrogens with one attached hydrogen (secondary N) is 1. The van der Waals surface area contributed by atoms with Crippen molar-refractivity contribution in [3.8, 4) is 12.3 Å². The van der Waals surface area contributed by atoms with Crippen LogP contribution in [0.2, 0.25) is 0 Å². The molecule has 0 aromatic heterocycles. The SMILES string of the molecule is C#CC(C)NC(C)C(C)(C)O. The van der Waals surface area contributed by atoms with Crippen LogP contribution in [0.3, 0.4) is 0 Å². The van der Waals surface area contributed by atoms with Crippen LogP contribution in [0.5, 0.6) is 0 Å². The molecule has 0 aliphatic heterocycles. The normalized spacial score (nSPS) is 17.1. The lowest BCUT2D eigenvalue weighted by Gasteiger charge is -2.28. The van der Waals surface area contributed by atoms with Gasteiger partial charge in [0.15, 0.2) is 0 Å². The van der Waals surface area contributed by atoms with Gasteiger partial charge in [-0.05, 0) is 27.7 Å². The quantitative estimate of drug-likeness (QED) is 0.590. The molecule has 0 aromatic rings. The van der Waals surface area contributed by atoms with Gasteiger partial charge < -0.3 is 5.11 Å². The van der Waals surface area contributed by atoms with E-state index in [4.69, 9.17) is 6.42 Å². The fraction of sp³-hybridized carbons (Fsp3) is 0.778. The summed E-state index contributed by atoms with van der Waals surface area (Å²) >= 11 is 0. The Hall–Kier alpha value is -0.520. The highest BCUT2D eigenvalue weighted by molar-refractivity contribution is 4.98. The van der Waals surface area contributed by atoms with Crippen molar-refractivity contribution in [1.82, 2.24) is 5.32 Å². The average Bonchev–Trinajstić information content (AvgIpc) is 1.85. The Morgan fingerprint density at radius 3 is 2.18 bits per heavy atom. The molecule has 2 heteroatoms. The Morgan fingerprint density at radius 2 is 1.91 bits per heavy atom. The third-order valence-electron chi connectivity index (χ3n) is 1.81. The molecule has 0 saturated heterocycles. The molecule has 0 saturated carbocycles. The number of rotatable bonds is 3. The number of aliphatic hydroxyl groups is 1. The minimum Gasteiger partial charge on any atom is -0.389 e. The molecule has 0 rings (SSSR count). The second-order valence-electron chi connectivity index (χ2n) is 3.43. The second kappa shape index (κ2) is 3.75. The summed E-state index contributed by atoms with van der Waals surface area (Å²) in [7, 11) is 0. The van der Waals surface area contributed by atoms with Crippen molar-refractivity contribution in [3.63, 3.8) is 0 Å². The summed E-state index contributed by atoms with van der Waals surface area (Å²) in [4.78, 5) is 0. The molecule has 2 atom stereocenters. The summed E-state index contributed by atoms with van der Waals surface area (Å²) in [5.41, 5.74) is -0.717. The molecule has 0 aliphatic rings. The maximum Gasteiger partial charge on any atom is 0.0741 e. The van der Waals surface area contributed by atoms with Crippen LogP contribution in [0.4, 0.5) is 0 Å². The van der Waals surface area contributed by atoms with Crippen LogP contribution < -0.4 is 5.32 Å². The molecule has 0 spiro atoms. The van der Waals surface area contributed by atoms with Crippen molar-refractivity contribution in [1.29, 1.82) is 0 Å². The summed E-state index contributed by atoms with van der Waals surface area (Å²) in [6.07, 6.45) is 5.17. The standard InChI is InChI=1S/C9H17NO/c1-6-7(2)10-8(3)9(4,5)11/h1,7-8,10-11H,2-5H3.